The molecule has 0 radical (unpaired) electrons. The van der Waals surface area contributed by atoms with Gasteiger partial charge in [-0.05, 0) is 54.0 Å². The van der Waals surface area contributed by atoms with Crippen molar-refractivity contribution >= 4 is 0 Å². The second-order valence-electron chi connectivity index (χ2n) is 5.31. The Kier molecular flexibility index (Phi) is 4.47. The van der Waals surface area contributed by atoms with Gasteiger partial charge in [0, 0.05) is 12.1 Å². The number of nitrogens with zero attached hydrogens (tertiary/aromatic N) is 3. The fourth-order valence-electron chi connectivity index (χ4n) is 1.62. The lowest BCUT2D eigenvalue weighted by Gasteiger charge is -2.20. The molecule has 1 N–H and O–H groups in total. The molecule has 1 aromatic rings. The van der Waals surface area contributed by atoms with Gasteiger partial charge in [-0.2, -0.15) is 5.10 Å². The molecular formula is C12H24N4. The number of nitrogens with one attached hydrogen (secondary N) is 1. The van der Waals surface area contributed by atoms with Gasteiger partial charge in [-0.1, -0.05) is 0 Å². The Balaban J connectivity index is 2.19. The normalized spacial score (nSPS) is 12.1. The molecule has 0 saturated heterocycles. The topological polar surface area (TPSA) is 42.7 Å². The van der Waals surface area contributed by atoms with Crippen LogP contribution in [0.25, 0.3) is 0 Å². The van der Waals surface area contributed by atoms with Gasteiger partial charge in [0.15, 0.2) is 0 Å². The lowest BCUT2D eigenvalue weighted by molar-refractivity contribution is 0.411. The minimum atomic E-state index is 0.222. The first kappa shape index (κ1) is 13.2. The summed E-state index contributed by atoms with van der Waals surface area (Å²) in [5.41, 5.74) is 0.222. The van der Waals surface area contributed by atoms with Crippen LogP contribution in [0, 0.1) is 13.8 Å². The highest BCUT2D eigenvalue weighted by molar-refractivity contribution is 4.87. The number of aromatic nitrogens is 3. The van der Waals surface area contributed by atoms with Gasteiger partial charge in [-0.25, -0.2) is 4.98 Å². The molecule has 0 fully saturated rings. The average Bonchev–Trinajstić information content (AvgIpc) is 2.42. The molecule has 4 nitrogen and oxygen atoms in total. The summed E-state index contributed by atoms with van der Waals surface area (Å²) >= 11 is 0. The van der Waals surface area contributed by atoms with Crippen molar-refractivity contribution in [3.05, 3.63) is 11.6 Å². The molecule has 16 heavy (non-hydrogen) atoms. The van der Waals surface area contributed by atoms with E-state index in [-0.39, 0.29) is 5.54 Å². The number of unbranched alkanes of at least 4 members (excludes halogenated alkanes) is 1. The highest BCUT2D eigenvalue weighted by Crippen LogP contribution is 2.02. The molecule has 0 bridgehead atoms. The predicted molar refractivity (Wildman–Crippen MR) is 66.5 cm³/mol. The van der Waals surface area contributed by atoms with Crippen molar-refractivity contribution in [2.75, 3.05) is 6.54 Å². The highest BCUT2D eigenvalue weighted by atomic mass is 15.3. The van der Waals surface area contributed by atoms with E-state index in [4.69, 9.17) is 0 Å². The molecule has 0 atom stereocenters. The summed E-state index contributed by atoms with van der Waals surface area (Å²) < 4.78 is 1.99. The minimum Gasteiger partial charge on any atom is -0.312 e. The van der Waals surface area contributed by atoms with Gasteiger partial charge < -0.3 is 5.32 Å². The Morgan fingerprint density at radius 1 is 1.19 bits per heavy atom. The van der Waals surface area contributed by atoms with Crippen molar-refractivity contribution in [1.82, 2.24) is 20.1 Å². The monoisotopic (exact) mass is 224 g/mol. The number of hydrogen-bond acceptors (Lipinski definition) is 3. The quantitative estimate of drug-likeness (QED) is 0.779. The van der Waals surface area contributed by atoms with E-state index in [1.54, 1.807) is 0 Å². The summed E-state index contributed by atoms with van der Waals surface area (Å²) in [7, 11) is 0. The Labute approximate surface area is 98.5 Å². The van der Waals surface area contributed by atoms with Crippen LogP contribution in [0.1, 0.15) is 45.3 Å². The first-order chi connectivity index (χ1) is 7.38. The second-order valence-corrected chi connectivity index (χ2v) is 5.31. The molecule has 0 aromatic carbocycles. The average molecular weight is 224 g/mol. The van der Waals surface area contributed by atoms with E-state index in [1.165, 1.54) is 6.42 Å². The molecule has 0 spiro atoms. The molecule has 4 heteroatoms. The first-order valence-corrected chi connectivity index (χ1v) is 6.01. The van der Waals surface area contributed by atoms with E-state index in [9.17, 15) is 0 Å². The van der Waals surface area contributed by atoms with Crippen LogP contribution in [0.2, 0.25) is 0 Å². The van der Waals surface area contributed by atoms with Gasteiger partial charge in [-0.3, -0.25) is 4.68 Å². The van der Waals surface area contributed by atoms with Crippen LogP contribution in [0.15, 0.2) is 0 Å². The van der Waals surface area contributed by atoms with Crippen molar-refractivity contribution in [3.63, 3.8) is 0 Å². The van der Waals surface area contributed by atoms with E-state index in [1.807, 2.05) is 18.5 Å². The first-order valence-electron chi connectivity index (χ1n) is 6.01. The summed E-state index contributed by atoms with van der Waals surface area (Å²) in [6.45, 7) is 12.6. The summed E-state index contributed by atoms with van der Waals surface area (Å²) in [6.07, 6.45) is 2.32. The minimum absolute atomic E-state index is 0.222. The van der Waals surface area contributed by atoms with Gasteiger partial charge in [0.2, 0.25) is 0 Å². The van der Waals surface area contributed by atoms with Crippen molar-refractivity contribution in [1.29, 1.82) is 0 Å². The van der Waals surface area contributed by atoms with Crippen LogP contribution in [-0.4, -0.2) is 26.8 Å². The third-order valence-corrected chi connectivity index (χ3v) is 2.41. The van der Waals surface area contributed by atoms with Crippen LogP contribution in [0.5, 0.6) is 0 Å². The molecule has 0 aliphatic heterocycles. The summed E-state index contributed by atoms with van der Waals surface area (Å²) in [6, 6.07) is 0. The van der Waals surface area contributed by atoms with Gasteiger partial charge in [0.25, 0.3) is 0 Å². The van der Waals surface area contributed by atoms with E-state index >= 15 is 0 Å². The van der Waals surface area contributed by atoms with Crippen LogP contribution in [-0.2, 0) is 6.54 Å². The van der Waals surface area contributed by atoms with Crippen LogP contribution in [0.3, 0.4) is 0 Å². The highest BCUT2D eigenvalue weighted by Gasteiger charge is 2.07. The fourth-order valence-corrected chi connectivity index (χ4v) is 1.62. The van der Waals surface area contributed by atoms with Crippen molar-refractivity contribution in [2.45, 2.75) is 59.5 Å². The Morgan fingerprint density at radius 2 is 1.88 bits per heavy atom. The number of hydrogen-bond donors (Lipinski definition) is 1. The van der Waals surface area contributed by atoms with Gasteiger partial charge in [0.05, 0.1) is 0 Å². The predicted octanol–water partition coefficient (Wildman–Crippen LogP) is 2.06. The van der Waals surface area contributed by atoms with E-state index in [0.717, 1.165) is 31.2 Å². The van der Waals surface area contributed by atoms with Crippen LogP contribution in [0.4, 0.5) is 0 Å². The molecule has 1 heterocycles. The summed E-state index contributed by atoms with van der Waals surface area (Å²) in [5, 5.41) is 7.82. The summed E-state index contributed by atoms with van der Waals surface area (Å²) in [4.78, 5) is 4.29. The third kappa shape index (κ3) is 4.75. The third-order valence-electron chi connectivity index (χ3n) is 2.41. The Hall–Kier alpha value is -0.900. The van der Waals surface area contributed by atoms with Crippen molar-refractivity contribution in [3.8, 4) is 0 Å². The zero-order valence-electron chi connectivity index (χ0n) is 11.2. The van der Waals surface area contributed by atoms with Crippen LogP contribution >= 0.6 is 0 Å². The Bertz CT molecular complexity index is 322. The van der Waals surface area contributed by atoms with E-state index in [0.29, 0.717) is 0 Å². The molecule has 92 valence electrons. The molecule has 0 aliphatic carbocycles. The number of rotatable bonds is 5. The lowest BCUT2D eigenvalue weighted by atomic mass is 10.1. The SMILES string of the molecule is Cc1nc(C)n(CCCCNC(C)(C)C)n1. The molecule has 0 saturated carbocycles. The van der Waals surface area contributed by atoms with Crippen molar-refractivity contribution < 1.29 is 0 Å². The molecule has 0 unspecified atom stereocenters. The molecule has 1 rings (SSSR count). The zero-order valence-corrected chi connectivity index (χ0v) is 11.2. The maximum absolute atomic E-state index is 4.34. The lowest BCUT2D eigenvalue weighted by Crippen LogP contribution is -2.36. The zero-order chi connectivity index (χ0) is 12.2. The van der Waals surface area contributed by atoms with Gasteiger partial charge >= 0.3 is 0 Å². The van der Waals surface area contributed by atoms with Gasteiger partial charge in [-0.15, -0.1) is 0 Å². The second kappa shape index (κ2) is 5.43. The van der Waals surface area contributed by atoms with Crippen molar-refractivity contribution in [2.24, 2.45) is 0 Å². The molecule has 0 amide bonds. The molecule has 0 aliphatic rings. The smallest absolute Gasteiger partial charge is 0.147 e. The fraction of sp³-hybridized carbons (Fsp3) is 0.833. The Morgan fingerprint density at radius 3 is 2.38 bits per heavy atom. The standard InChI is InChI=1S/C12H24N4/c1-10-14-11(2)16(15-10)9-7-6-8-13-12(3,4)5/h13H,6-9H2,1-5H3. The maximum Gasteiger partial charge on any atom is 0.147 e. The van der Waals surface area contributed by atoms with E-state index < -0.39 is 0 Å². The summed E-state index contributed by atoms with van der Waals surface area (Å²) in [5.74, 6) is 1.88. The van der Waals surface area contributed by atoms with E-state index in [2.05, 4.69) is 36.2 Å². The molecular weight excluding hydrogens is 200 g/mol. The number of aryl methyl sites for hydroxylation is 3. The van der Waals surface area contributed by atoms with Gasteiger partial charge in [0.1, 0.15) is 11.6 Å². The maximum atomic E-state index is 4.34. The molecule has 1 aromatic heterocycles. The van der Waals surface area contributed by atoms with Crippen LogP contribution < -0.4 is 5.32 Å². The largest absolute Gasteiger partial charge is 0.312 e.